The second-order valence-corrected chi connectivity index (χ2v) is 4.83. The van der Waals surface area contributed by atoms with Crippen molar-refractivity contribution in [3.63, 3.8) is 0 Å². The lowest BCUT2D eigenvalue weighted by atomic mass is 9.78. The first-order valence-corrected chi connectivity index (χ1v) is 5.87. The Balaban J connectivity index is 2.26. The smallest absolute Gasteiger partial charge is 0.0459 e. The van der Waals surface area contributed by atoms with Gasteiger partial charge in [0.25, 0.3) is 0 Å². The zero-order valence-electron chi connectivity index (χ0n) is 9.13. The van der Waals surface area contributed by atoms with Crippen LogP contribution in [0.2, 0.25) is 0 Å². The molecule has 0 aromatic carbocycles. The van der Waals surface area contributed by atoms with Crippen LogP contribution >= 0.6 is 0 Å². The van der Waals surface area contributed by atoms with Crippen molar-refractivity contribution in [3.05, 3.63) is 0 Å². The fourth-order valence-electron chi connectivity index (χ4n) is 2.62. The minimum absolute atomic E-state index is 0.390. The van der Waals surface area contributed by atoms with Crippen LogP contribution in [0.25, 0.3) is 0 Å². The van der Waals surface area contributed by atoms with Crippen LogP contribution in [0, 0.1) is 17.8 Å². The summed E-state index contributed by atoms with van der Waals surface area (Å²) in [6.45, 7) is 4.95. The minimum atomic E-state index is 0.390. The highest BCUT2D eigenvalue weighted by atomic mass is 16.3. The average Bonchev–Trinajstić information content (AvgIpc) is 2.14. The molecule has 78 valence electrons. The van der Waals surface area contributed by atoms with Gasteiger partial charge in [0.15, 0.2) is 0 Å². The lowest BCUT2D eigenvalue weighted by Crippen LogP contribution is -2.18. The number of aliphatic hydroxyl groups is 1. The van der Waals surface area contributed by atoms with E-state index in [1.54, 1.807) is 0 Å². The summed E-state index contributed by atoms with van der Waals surface area (Å²) in [6, 6.07) is 0. The summed E-state index contributed by atoms with van der Waals surface area (Å²) in [7, 11) is 0. The number of aliphatic hydroxyl groups excluding tert-OH is 1. The summed E-state index contributed by atoms with van der Waals surface area (Å²) in [5, 5.41) is 9.12. The van der Waals surface area contributed by atoms with Gasteiger partial charge in [-0.15, -0.1) is 0 Å². The molecule has 1 N–H and O–H groups in total. The van der Waals surface area contributed by atoms with Crippen LogP contribution in [0.5, 0.6) is 0 Å². The van der Waals surface area contributed by atoms with E-state index >= 15 is 0 Å². The summed E-state index contributed by atoms with van der Waals surface area (Å²) < 4.78 is 0. The zero-order valence-corrected chi connectivity index (χ0v) is 9.13. The SMILES string of the molecule is CCC(CO)CC1CCCC(C)C1. The van der Waals surface area contributed by atoms with E-state index in [0.29, 0.717) is 12.5 Å². The van der Waals surface area contributed by atoms with E-state index in [4.69, 9.17) is 5.11 Å². The summed E-state index contributed by atoms with van der Waals surface area (Å²) >= 11 is 0. The molecule has 0 amide bonds. The maximum absolute atomic E-state index is 9.12. The first-order valence-electron chi connectivity index (χ1n) is 5.87. The lowest BCUT2D eigenvalue weighted by Gasteiger charge is -2.29. The third-order valence-electron chi connectivity index (χ3n) is 3.55. The molecule has 1 aliphatic carbocycles. The van der Waals surface area contributed by atoms with Crippen LogP contribution in [0.4, 0.5) is 0 Å². The molecule has 0 saturated heterocycles. The minimum Gasteiger partial charge on any atom is -0.396 e. The fraction of sp³-hybridized carbons (Fsp3) is 1.00. The van der Waals surface area contributed by atoms with Crippen molar-refractivity contribution in [2.75, 3.05) is 6.61 Å². The summed E-state index contributed by atoms with van der Waals surface area (Å²) in [5.41, 5.74) is 0. The van der Waals surface area contributed by atoms with Crippen LogP contribution in [0.15, 0.2) is 0 Å². The third kappa shape index (κ3) is 3.68. The summed E-state index contributed by atoms with van der Waals surface area (Å²) in [4.78, 5) is 0. The second kappa shape index (κ2) is 5.64. The molecule has 0 heterocycles. The Morgan fingerprint density at radius 1 is 1.38 bits per heavy atom. The monoisotopic (exact) mass is 184 g/mol. The van der Waals surface area contributed by atoms with Gasteiger partial charge < -0.3 is 5.11 Å². The zero-order chi connectivity index (χ0) is 9.68. The quantitative estimate of drug-likeness (QED) is 0.711. The molecule has 0 radical (unpaired) electrons. The molecule has 0 bridgehead atoms. The summed E-state index contributed by atoms with van der Waals surface area (Å²) in [6.07, 6.45) is 8.04. The maximum Gasteiger partial charge on any atom is 0.0459 e. The van der Waals surface area contributed by atoms with Gasteiger partial charge in [0.1, 0.15) is 0 Å². The Morgan fingerprint density at radius 3 is 2.69 bits per heavy atom. The van der Waals surface area contributed by atoms with E-state index < -0.39 is 0 Å². The average molecular weight is 184 g/mol. The van der Waals surface area contributed by atoms with Crippen LogP contribution in [0.3, 0.4) is 0 Å². The van der Waals surface area contributed by atoms with Crippen LogP contribution in [-0.4, -0.2) is 11.7 Å². The Hall–Kier alpha value is -0.0400. The lowest BCUT2D eigenvalue weighted by molar-refractivity contribution is 0.169. The fourth-order valence-corrected chi connectivity index (χ4v) is 2.62. The Bertz CT molecular complexity index is 129. The Labute approximate surface area is 82.5 Å². The highest BCUT2D eigenvalue weighted by Crippen LogP contribution is 2.33. The predicted octanol–water partition coefficient (Wildman–Crippen LogP) is 3.22. The third-order valence-corrected chi connectivity index (χ3v) is 3.55. The number of rotatable bonds is 4. The van der Waals surface area contributed by atoms with Gasteiger partial charge in [0.05, 0.1) is 0 Å². The van der Waals surface area contributed by atoms with Gasteiger partial charge in [-0.05, 0) is 30.6 Å². The van der Waals surface area contributed by atoms with Gasteiger partial charge >= 0.3 is 0 Å². The van der Waals surface area contributed by atoms with E-state index in [-0.39, 0.29) is 0 Å². The van der Waals surface area contributed by atoms with Crippen LogP contribution in [0.1, 0.15) is 52.4 Å². The molecule has 13 heavy (non-hydrogen) atoms. The highest BCUT2D eigenvalue weighted by molar-refractivity contribution is 4.73. The van der Waals surface area contributed by atoms with Crippen molar-refractivity contribution in [3.8, 4) is 0 Å². The van der Waals surface area contributed by atoms with Gasteiger partial charge in [-0.2, -0.15) is 0 Å². The van der Waals surface area contributed by atoms with Crippen LogP contribution in [-0.2, 0) is 0 Å². The summed E-state index contributed by atoms with van der Waals surface area (Å²) in [5.74, 6) is 2.39. The Kier molecular flexibility index (Phi) is 4.79. The molecular weight excluding hydrogens is 160 g/mol. The molecule has 0 aliphatic heterocycles. The van der Waals surface area contributed by atoms with Gasteiger partial charge in [0.2, 0.25) is 0 Å². The molecule has 1 rings (SSSR count). The molecule has 0 aromatic rings. The molecule has 3 atom stereocenters. The van der Waals surface area contributed by atoms with Crippen molar-refractivity contribution >= 4 is 0 Å². The van der Waals surface area contributed by atoms with Crippen molar-refractivity contribution < 1.29 is 5.11 Å². The van der Waals surface area contributed by atoms with Gasteiger partial charge in [-0.25, -0.2) is 0 Å². The molecule has 1 aliphatic rings. The Morgan fingerprint density at radius 2 is 2.15 bits per heavy atom. The van der Waals surface area contributed by atoms with E-state index in [1.165, 1.54) is 32.1 Å². The molecular formula is C12H24O. The topological polar surface area (TPSA) is 20.2 Å². The predicted molar refractivity (Wildman–Crippen MR) is 56.6 cm³/mol. The number of hydrogen-bond acceptors (Lipinski definition) is 1. The maximum atomic E-state index is 9.12. The molecule has 0 aromatic heterocycles. The molecule has 1 heteroatoms. The van der Waals surface area contributed by atoms with E-state index in [1.807, 2.05) is 0 Å². The standard InChI is InChI=1S/C12H24O/c1-3-11(9-13)8-12-6-4-5-10(2)7-12/h10-13H,3-9H2,1-2H3. The van der Waals surface area contributed by atoms with Crippen molar-refractivity contribution in [1.82, 2.24) is 0 Å². The van der Waals surface area contributed by atoms with Gasteiger partial charge in [-0.1, -0.05) is 39.5 Å². The van der Waals surface area contributed by atoms with Crippen molar-refractivity contribution in [1.29, 1.82) is 0 Å². The molecule has 1 fully saturated rings. The molecule has 3 unspecified atom stereocenters. The molecule has 1 nitrogen and oxygen atoms in total. The van der Waals surface area contributed by atoms with Crippen LogP contribution < -0.4 is 0 Å². The largest absolute Gasteiger partial charge is 0.396 e. The van der Waals surface area contributed by atoms with E-state index in [0.717, 1.165) is 18.3 Å². The van der Waals surface area contributed by atoms with E-state index in [2.05, 4.69) is 13.8 Å². The number of hydrogen-bond donors (Lipinski definition) is 1. The van der Waals surface area contributed by atoms with Gasteiger partial charge in [0, 0.05) is 6.61 Å². The van der Waals surface area contributed by atoms with Gasteiger partial charge in [-0.3, -0.25) is 0 Å². The van der Waals surface area contributed by atoms with Crippen molar-refractivity contribution in [2.45, 2.75) is 52.4 Å². The first-order chi connectivity index (χ1) is 6.26. The second-order valence-electron chi connectivity index (χ2n) is 4.83. The highest BCUT2D eigenvalue weighted by Gasteiger charge is 2.21. The molecule has 0 spiro atoms. The normalized spacial score (nSPS) is 31.6. The molecule has 1 saturated carbocycles. The van der Waals surface area contributed by atoms with E-state index in [9.17, 15) is 0 Å². The van der Waals surface area contributed by atoms with Crippen molar-refractivity contribution in [2.24, 2.45) is 17.8 Å². The first kappa shape index (κ1) is 11.0.